The number of carbonyl (C=O) groups is 1. The quantitative estimate of drug-likeness (QED) is 0.386. The molecule has 0 saturated carbocycles. The summed E-state index contributed by atoms with van der Waals surface area (Å²) in [5, 5.41) is 2.00. The van der Waals surface area contributed by atoms with Gasteiger partial charge in [-0.1, -0.05) is 75.1 Å². The Morgan fingerprint density at radius 3 is 2.56 bits per heavy atom. The van der Waals surface area contributed by atoms with Crippen LogP contribution in [0.3, 0.4) is 0 Å². The number of hydrogen-bond acceptors (Lipinski definition) is 3. The maximum absolute atomic E-state index is 12.8. The van der Waals surface area contributed by atoms with Crippen LogP contribution in [0.2, 0.25) is 0 Å². The second-order valence-electron chi connectivity index (χ2n) is 6.74. The van der Waals surface area contributed by atoms with Crippen LogP contribution in [0.25, 0.3) is 10.8 Å². The van der Waals surface area contributed by atoms with Crippen LogP contribution in [0.1, 0.15) is 56.3 Å². The van der Waals surface area contributed by atoms with E-state index in [0.717, 1.165) is 30.0 Å². The van der Waals surface area contributed by atoms with Crippen LogP contribution in [0.15, 0.2) is 54.2 Å². The van der Waals surface area contributed by atoms with Gasteiger partial charge in [-0.25, -0.2) is 0 Å². The molecule has 2 aromatic rings. The molecule has 0 aliphatic rings. The van der Waals surface area contributed by atoms with Crippen LogP contribution in [0, 0.1) is 0 Å². The van der Waals surface area contributed by atoms with Crippen LogP contribution in [0.4, 0.5) is 0 Å². The summed E-state index contributed by atoms with van der Waals surface area (Å²) >= 11 is 0. The van der Waals surface area contributed by atoms with Crippen LogP contribution < -0.4 is 5.73 Å². The van der Waals surface area contributed by atoms with E-state index in [-0.39, 0.29) is 5.78 Å². The van der Waals surface area contributed by atoms with Crippen LogP contribution in [-0.4, -0.2) is 18.5 Å². The second kappa shape index (κ2) is 8.82. The number of allylic oxidation sites excluding steroid dienone is 1. The first kappa shape index (κ1) is 19.2. The Hall–Kier alpha value is -2.13. The zero-order valence-electron chi connectivity index (χ0n) is 15.5. The Bertz CT molecular complexity index is 745. The Morgan fingerprint density at radius 1 is 1.12 bits per heavy atom. The minimum atomic E-state index is -0.603. The molecule has 1 atom stereocenters. The highest BCUT2D eigenvalue weighted by Crippen LogP contribution is 2.26. The highest BCUT2D eigenvalue weighted by molar-refractivity contribution is 6.13. The molecule has 2 N–H and O–H groups in total. The zero-order valence-corrected chi connectivity index (χ0v) is 15.5. The van der Waals surface area contributed by atoms with Gasteiger partial charge in [0.2, 0.25) is 0 Å². The lowest BCUT2D eigenvalue weighted by molar-refractivity contribution is 0.0272. The molecule has 0 fully saturated rings. The van der Waals surface area contributed by atoms with E-state index in [0.29, 0.717) is 11.3 Å². The van der Waals surface area contributed by atoms with Crippen molar-refractivity contribution < 1.29 is 9.53 Å². The number of rotatable bonds is 9. The molecule has 0 aromatic heterocycles. The van der Waals surface area contributed by atoms with Crippen molar-refractivity contribution in [1.82, 2.24) is 0 Å². The first-order valence-corrected chi connectivity index (χ1v) is 9.06. The molecule has 0 amide bonds. The highest BCUT2D eigenvalue weighted by atomic mass is 16.5. The maximum Gasteiger partial charge on any atom is 0.188 e. The first-order chi connectivity index (χ1) is 12.0. The zero-order chi connectivity index (χ0) is 18.3. The third-order valence-corrected chi connectivity index (χ3v) is 4.91. The normalized spacial score (nSPS) is 14.4. The van der Waals surface area contributed by atoms with E-state index in [1.807, 2.05) is 49.4 Å². The van der Waals surface area contributed by atoms with E-state index >= 15 is 0 Å². The molecule has 0 spiro atoms. The summed E-state index contributed by atoms with van der Waals surface area (Å²) in [6.45, 7) is 4.15. The molecule has 0 radical (unpaired) electrons. The van der Waals surface area contributed by atoms with Crippen molar-refractivity contribution in [3.05, 3.63) is 59.8 Å². The molecular weight excluding hydrogens is 310 g/mol. The minimum Gasteiger partial charge on any atom is -0.400 e. The van der Waals surface area contributed by atoms with Gasteiger partial charge in [0, 0.05) is 24.4 Å². The average molecular weight is 339 g/mol. The predicted molar refractivity (Wildman–Crippen MR) is 105 cm³/mol. The topological polar surface area (TPSA) is 52.3 Å². The fourth-order valence-corrected chi connectivity index (χ4v) is 3.07. The van der Waals surface area contributed by atoms with Gasteiger partial charge in [-0.2, -0.15) is 0 Å². The summed E-state index contributed by atoms with van der Waals surface area (Å²) in [6.07, 6.45) is 6.93. The number of benzene rings is 2. The summed E-state index contributed by atoms with van der Waals surface area (Å²) < 4.78 is 5.66. The molecule has 2 aromatic carbocycles. The van der Waals surface area contributed by atoms with E-state index in [4.69, 9.17) is 10.5 Å². The van der Waals surface area contributed by atoms with Gasteiger partial charge >= 0.3 is 0 Å². The molecule has 25 heavy (non-hydrogen) atoms. The number of fused-ring (bicyclic) bond motifs is 1. The molecule has 0 bridgehead atoms. The second-order valence-corrected chi connectivity index (χ2v) is 6.74. The number of methoxy groups -OCH3 is 1. The number of ketones is 1. The molecular formula is C22H29NO2. The average Bonchev–Trinajstić information content (AvgIpc) is 2.64. The largest absolute Gasteiger partial charge is 0.400 e. The highest BCUT2D eigenvalue weighted by Gasteiger charge is 2.27. The van der Waals surface area contributed by atoms with Gasteiger partial charge in [-0.05, 0) is 24.1 Å². The van der Waals surface area contributed by atoms with Gasteiger partial charge in [-0.3, -0.25) is 4.79 Å². The SMILES string of the molecule is CCCCCCC(C)(OC)/C(N)=C/C(=O)c1cccc2ccccc12. The van der Waals surface area contributed by atoms with E-state index in [1.165, 1.54) is 18.9 Å². The van der Waals surface area contributed by atoms with Gasteiger partial charge in [0.15, 0.2) is 5.78 Å². The molecule has 0 aliphatic heterocycles. The molecule has 0 saturated heterocycles. The van der Waals surface area contributed by atoms with Crippen molar-refractivity contribution in [2.75, 3.05) is 7.11 Å². The number of ether oxygens (including phenoxy) is 1. The van der Waals surface area contributed by atoms with Crippen molar-refractivity contribution in [3.63, 3.8) is 0 Å². The summed E-state index contributed by atoms with van der Waals surface area (Å²) in [5.41, 5.74) is 6.83. The third-order valence-electron chi connectivity index (χ3n) is 4.91. The Kier molecular flexibility index (Phi) is 6.77. The molecule has 3 heteroatoms. The lowest BCUT2D eigenvalue weighted by Gasteiger charge is -2.29. The number of nitrogens with two attached hydrogens (primary N) is 1. The van der Waals surface area contributed by atoms with E-state index in [1.54, 1.807) is 7.11 Å². The summed E-state index contributed by atoms with van der Waals surface area (Å²) in [5.74, 6) is -0.0777. The van der Waals surface area contributed by atoms with Crippen molar-refractivity contribution in [3.8, 4) is 0 Å². The fraction of sp³-hybridized carbons (Fsp3) is 0.409. The van der Waals surface area contributed by atoms with Crippen molar-refractivity contribution >= 4 is 16.6 Å². The van der Waals surface area contributed by atoms with E-state index < -0.39 is 5.60 Å². The summed E-state index contributed by atoms with van der Waals surface area (Å²) in [6, 6.07) is 13.6. The predicted octanol–water partition coefficient (Wildman–Crippen LogP) is 5.24. The lowest BCUT2D eigenvalue weighted by atomic mass is 9.92. The van der Waals surface area contributed by atoms with Crippen molar-refractivity contribution in [2.24, 2.45) is 5.73 Å². The number of hydrogen-bond donors (Lipinski definition) is 1. The summed E-state index contributed by atoms with van der Waals surface area (Å²) in [7, 11) is 1.66. The fourth-order valence-electron chi connectivity index (χ4n) is 3.07. The van der Waals surface area contributed by atoms with Crippen LogP contribution in [-0.2, 0) is 4.74 Å². The third kappa shape index (κ3) is 4.70. The summed E-state index contributed by atoms with van der Waals surface area (Å²) in [4.78, 5) is 12.8. The Balaban J connectivity index is 2.22. The van der Waals surface area contributed by atoms with Crippen LogP contribution in [0.5, 0.6) is 0 Å². The monoisotopic (exact) mass is 339 g/mol. The standard InChI is InChI=1S/C22H29NO2/c1-4-5-6-9-15-22(2,25-3)21(23)16-20(24)19-14-10-12-17-11-7-8-13-18(17)19/h7-8,10-14,16H,4-6,9,15,23H2,1-3H3/b21-16-. The van der Waals surface area contributed by atoms with E-state index in [2.05, 4.69) is 6.92 Å². The van der Waals surface area contributed by atoms with Gasteiger partial charge in [-0.15, -0.1) is 0 Å². The molecule has 0 aliphatic carbocycles. The smallest absolute Gasteiger partial charge is 0.188 e. The molecule has 3 nitrogen and oxygen atoms in total. The van der Waals surface area contributed by atoms with Crippen molar-refractivity contribution in [1.29, 1.82) is 0 Å². The number of unbranched alkanes of at least 4 members (excludes halogenated alkanes) is 3. The van der Waals surface area contributed by atoms with Gasteiger partial charge < -0.3 is 10.5 Å². The van der Waals surface area contributed by atoms with Crippen LogP contribution >= 0.6 is 0 Å². The maximum atomic E-state index is 12.8. The molecule has 0 heterocycles. The molecule has 2 rings (SSSR count). The molecule has 134 valence electrons. The Labute approximate surface area is 150 Å². The van der Waals surface area contributed by atoms with E-state index in [9.17, 15) is 4.79 Å². The van der Waals surface area contributed by atoms with Crippen molar-refractivity contribution in [2.45, 2.75) is 51.6 Å². The lowest BCUT2D eigenvalue weighted by Crippen LogP contribution is -2.35. The first-order valence-electron chi connectivity index (χ1n) is 9.06. The molecule has 1 unspecified atom stereocenters. The number of carbonyl (C=O) groups excluding carboxylic acids is 1. The van der Waals surface area contributed by atoms with Gasteiger partial charge in [0.05, 0.1) is 0 Å². The van der Waals surface area contributed by atoms with Gasteiger partial charge in [0.25, 0.3) is 0 Å². The van der Waals surface area contributed by atoms with Gasteiger partial charge in [0.1, 0.15) is 5.60 Å². The Morgan fingerprint density at radius 2 is 1.84 bits per heavy atom. The minimum absolute atomic E-state index is 0.0777.